The van der Waals surface area contributed by atoms with Crippen LogP contribution in [0.5, 0.6) is 0 Å². The molecule has 0 aliphatic carbocycles. The van der Waals surface area contributed by atoms with Crippen LogP contribution < -0.4 is 5.73 Å². The van der Waals surface area contributed by atoms with Crippen molar-refractivity contribution in [2.75, 3.05) is 19.7 Å². The van der Waals surface area contributed by atoms with Gasteiger partial charge >= 0.3 is 0 Å². The van der Waals surface area contributed by atoms with Crippen molar-refractivity contribution in [1.29, 1.82) is 0 Å². The van der Waals surface area contributed by atoms with Crippen LogP contribution in [0.25, 0.3) is 0 Å². The van der Waals surface area contributed by atoms with Crippen molar-refractivity contribution in [2.45, 2.75) is 52.2 Å². The van der Waals surface area contributed by atoms with E-state index in [1.54, 1.807) is 13.8 Å². The van der Waals surface area contributed by atoms with Crippen LogP contribution in [-0.4, -0.2) is 42.1 Å². The van der Waals surface area contributed by atoms with Gasteiger partial charge in [-0.1, -0.05) is 13.8 Å². The maximum absolute atomic E-state index is 12.0. The lowest BCUT2D eigenvalue weighted by molar-refractivity contribution is -0.138. The molecule has 0 spiro atoms. The maximum atomic E-state index is 12.0. The zero-order valence-corrected chi connectivity index (χ0v) is 12.8. The lowest BCUT2D eigenvalue weighted by Gasteiger charge is -2.35. The van der Waals surface area contributed by atoms with E-state index in [4.69, 9.17) is 10.5 Å². The van der Waals surface area contributed by atoms with Crippen LogP contribution in [0.2, 0.25) is 0 Å². The van der Waals surface area contributed by atoms with Gasteiger partial charge in [0.25, 0.3) is 0 Å². The van der Waals surface area contributed by atoms with E-state index in [1.165, 1.54) is 0 Å². The van der Waals surface area contributed by atoms with Crippen LogP contribution in [0.3, 0.4) is 0 Å². The van der Waals surface area contributed by atoms with E-state index in [2.05, 4.69) is 13.8 Å². The average Bonchev–Trinajstić information content (AvgIpc) is 2.25. The molecule has 0 aromatic rings. The van der Waals surface area contributed by atoms with E-state index in [0.29, 0.717) is 12.0 Å². The molecule has 0 bridgehead atoms. The number of carbonyl (C=O) groups excluding carboxylic acids is 1. The molecule has 0 saturated carbocycles. The second-order valence-corrected chi connectivity index (χ2v) is 5.94. The van der Waals surface area contributed by atoms with Gasteiger partial charge in [0.05, 0.1) is 11.6 Å². The first-order chi connectivity index (χ1) is 7.80. The molecule has 108 valence electrons. The molecule has 0 unspecified atom stereocenters. The highest BCUT2D eigenvalue weighted by atomic mass is 35.5. The highest BCUT2D eigenvalue weighted by Crippen LogP contribution is 2.17. The molecule has 18 heavy (non-hydrogen) atoms. The van der Waals surface area contributed by atoms with Gasteiger partial charge in [-0.15, -0.1) is 12.4 Å². The fraction of sp³-hybridized carbons (Fsp3) is 0.923. The Labute approximate surface area is 117 Å². The third kappa shape index (κ3) is 5.55. The first-order valence-electron chi connectivity index (χ1n) is 6.50. The Morgan fingerprint density at radius 1 is 1.39 bits per heavy atom. The molecular formula is C13H27ClN2O2. The monoisotopic (exact) mass is 278 g/mol. The standard InChI is InChI=1S/C13H26N2O2.ClH/c1-10(2)9-17-11-5-7-15(8-6-11)12(16)13(3,4)14;/h10-11H,5-9,14H2,1-4H3;1H. The quantitative estimate of drug-likeness (QED) is 0.853. The van der Waals surface area contributed by atoms with E-state index in [1.807, 2.05) is 4.90 Å². The summed E-state index contributed by atoms with van der Waals surface area (Å²) in [7, 11) is 0. The summed E-state index contributed by atoms with van der Waals surface area (Å²) in [4.78, 5) is 13.8. The molecule has 0 atom stereocenters. The Morgan fingerprint density at radius 3 is 2.28 bits per heavy atom. The Morgan fingerprint density at radius 2 is 1.89 bits per heavy atom. The predicted octanol–water partition coefficient (Wildman–Crippen LogP) is 1.81. The molecule has 1 amide bonds. The molecule has 1 fully saturated rings. The number of halogens is 1. The van der Waals surface area contributed by atoms with Crippen molar-refractivity contribution in [3.63, 3.8) is 0 Å². The van der Waals surface area contributed by atoms with Gasteiger partial charge in [0.2, 0.25) is 5.91 Å². The Hall–Kier alpha value is -0.320. The number of nitrogens with zero attached hydrogens (tertiary/aromatic N) is 1. The Bertz CT molecular complexity index is 256. The number of carbonyl (C=O) groups is 1. The molecular weight excluding hydrogens is 252 g/mol. The summed E-state index contributed by atoms with van der Waals surface area (Å²) in [6.45, 7) is 10.2. The van der Waals surface area contributed by atoms with Gasteiger partial charge in [-0.2, -0.15) is 0 Å². The largest absolute Gasteiger partial charge is 0.378 e. The number of rotatable bonds is 4. The van der Waals surface area contributed by atoms with Gasteiger partial charge < -0.3 is 15.4 Å². The first-order valence-corrected chi connectivity index (χ1v) is 6.50. The number of piperidine rings is 1. The molecule has 1 rings (SSSR count). The van der Waals surface area contributed by atoms with Crippen LogP contribution in [0.15, 0.2) is 0 Å². The zero-order valence-electron chi connectivity index (χ0n) is 11.9. The lowest BCUT2D eigenvalue weighted by atomic mass is 10.0. The minimum atomic E-state index is -0.758. The highest BCUT2D eigenvalue weighted by Gasteiger charge is 2.30. The van der Waals surface area contributed by atoms with Crippen LogP contribution >= 0.6 is 12.4 Å². The van der Waals surface area contributed by atoms with Gasteiger partial charge in [0.15, 0.2) is 0 Å². The van der Waals surface area contributed by atoms with Crippen molar-refractivity contribution in [1.82, 2.24) is 4.90 Å². The number of nitrogens with two attached hydrogens (primary N) is 1. The van der Waals surface area contributed by atoms with Gasteiger partial charge in [0, 0.05) is 19.7 Å². The van der Waals surface area contributed by atoms with Crippen molar-refractivity contribution in [2.24, 2.45) is 11.7 Å². The molecule has 1 saturated heterocycles. The second-order valence-electron chi connectivity index (χ2n) is 5.94. The minimum absolute atomic E-state index is 0. The van der Waals surface area contributed by atoms with Gasteiger partial charge in [0.1, 0.15) is 0 Å². The van der Waals surface area contributed by atoms with Crippen molar-refractivity contribution < 1.29 is 9.53 Å². The second kappa shape index (κ2) is 7.31. The summed E-state index contributed by atoms with van der Waals surface area (Å²) in [6, 6.07) is 0. The maximum Gasteiger partial charge on any atom is 0.242 e. The number of ether oxygens (including phenoxy) is 1. The molecule has 0 aromatic carbocycles. The van der Waals surface area contributed by atoms with Crippen molar-refractivity contribution in [3.8, 4) is 0 Å². The van der Waals surface area contributed by atoms with Crippen LogP contribution in [-0.2, 0) is 9.53 Å². The average molecular weight is 279 g/mol. The van der Waals surface area contributed by atoms with Crippen LogP contribution in [0.4, 0.5) is 0 Å². The summed E-state index contributed by atoms with van der Waals surface area (Å²) in [6.07, 6.45) is 2.16. The number of amides is 1. The molecule has 1 aliphatic heterocycles. The topological polar surface area (TPSA) is 55.6 Å². The fourth-order valence-corrected chi connectivity index (χ4v) is 1.96. The van der Waals surface area contributed by atoms with Gasteiger partial charge in [-0.25, -0.2) is 0 Å². The molecule has 0 aromatic heterocycles. The Kier molecular flexibility index (Phi) is 7.18. The molecule has 5 heteroatoms. The summed E-state index contributed by atoms with van der Waals surface area (Å²) in [5.74, 6) is 0.609. The van der Waals surface area contributed by atoms with E-state index in [-0.39, 0.29) is 18.3 Å². The zero-order chi connectivity index (χ0) is 13.1. The number of hydrogen-bond acceptors (Lipinski definition) is 3. The van der Waals surface area contributed by atoms with Crippen LogP contribution in [0.1, 0.15) is 40.5 Å². The van der Waals surface area contributed by atoms with E-state index < -0.39 is 5.54 Å². The van der Waals surface area contributed by atoms with E-state index >= 15 is 0 Å². The first kappa shape index (κ1) is 17.7. The van der Waals surface area contributed by atoms with E-state index in [9.17, 15) is 4.79 Å². The van der Waals surface area contributed by atoms with Crippen molar-refractivity contribution >= 4 is 18.3 Å². The number of likely N-dealkylation sites (tertiary alicyclic amines) is 1. The summed E-state index contributed by atoms with van der Waals surface area (Å²) in [5.41, 5.74) is 5.06. The minimum Gasteiger partial charge on any atom is -0.378 e. The van der Waals surface area contributed by atoms with E-state index in [0.717, 1.165) is 32.5 Å². The van der Waals surface area contributed by atoms with Gasteiger partial charge in [-0.05, 0) is 32.6 Å². The molecule has 2 N–H and O–H groups in total. The molecule has 1 aliphatic rings. The fourth-order valence-electron chi connectivity index (χ4n) is 1.96. The summed E-state index contributed by atoms with van der Waals surface area (Å²) >= 11 is 0. The molecule has 1 heterocycles. The number of hydrogen-bond donors (Lipinski definition) is 1. The smallest absolute Gasteiger partial charge is 0.242 e. The summed E-state index contributed by atoms with van der Waals surface area (Å²) in [5, 5.41) is 0. The highest BCUT2D eigenvalue weighted by molar-refractivity contribution is 5.85. The molecule has 0 radical (unpaired) electrons. The summed E-state index contributed by atoms with van der Waals surface area (Å²) < 4.78 is 5.79. The normalized spacial score (nSPS) is 17.8. The van der Waals surface area contributed by atoms with Gasteiger partial charge in [-0.3, -0.25) is 4.79 Å². The third-order valence-electron chi connectivity index (χ3n) is 2.95. The molecule has 4 nitrogen and oxygen atoms in total. The predicted molar refractivity (Wildman–Crippen MR) is 75.9 cm³/mol. The van der Waals surface area contributed by atoms with Crippen molar-refractivity contribution in [3.05, 3.63) is 0 Å². The lowest BCUT2D eigenvalue weighted by Crippen LogP contribution is -2.53. The van der Waals surface area contributed by atoms with Crippen LogP contribution in [0, 0.1) is 5.92 Å². The Balaban J connectivity index is 0.00000289. The SMILES string of the molecule is CC(C)COC1CCN(C(=O)C(C)(C)N)CC1.Cl. The third-order valence-corrected chi connectivity index (χ3v) is 2.95.